The minimum absolute atomic E-state index is 0.00965. The molecule has 2 rings (SSSR count). The molecule has 0 atom stereocenters. The lowest BCUT2D eigenvalue weighted by atomic mass is 10.2. The number of carbonyl (C=O) groups is 1. The fourth-order valence-electron chi connectivity index (χ4n) is 1.59. The van der Waals surface area contributed by atoms with E-state index in [0.29, 0.717) is 21.3 Å². The Hall–Kier alpha value is -1.56. The number of halogens is 2. The molecular formula is C13H11Cl2NO4. The predicted molar refractivity (Wildman–Crippen MR) is 74.0 cm³/mol. The van der Waals surface area contributed by atoms with Crippen molar-refractivity contribution in [2.24, 2.45) is 0 Å². The van der Waals surface area contributed by atoms with Gasteiger partial charge in [0.05, 0.1) is 23.8 Å². The second kappa shape index (κ2) is 6.26. The molecule has 20 heavy (non-hydrogen) atoms. The van der Waals surface area contributed by atoms with Crippen molar-refractivity contribution < 1.29 is 18.7 Å². The summed E-state index contributed by atoms with van der Waals surface area (Å²) in [6.07, 6.45) is 0. The Kier molecular flexibility index (Phi) is 4.65. The van der Waals surface area contributed by atoms with Crippen LogP contribution in [0.4, 0.5) is 0 Å². The van der Waals surface area contributed by atoms with E-state index in [9.17, 15) is 4.79 Å². The van der Waals surface area contributed by atoms with E-state index in [1.54, 1.807) is 18.2 Å². The number of hydrogen-bond acceptors (Lipinski definition) is 5. The first kappa shape index (κ1) is 14.8. The topological polar surface area (TPSA) is 61.6 Å². The van der Waals surface area contributed by atoms with Gasteiger partial charge in [-0.3, -0.25) is 0 Å². The average Bonchev–Trinajstić information content (AvgIpc) is 2.85. The number of esters is 1. The third-order valence-electron chi connectivity index (χ3n) is 2.52. The van der Waals surface area contributed by atoms with Gasteiger partial charge in [-0.2, -0.15) is 0 Å². The highest BCUT2D eigenvalue weighted by atomic mass is 35.5. The summed E-state index contributed by atoms with van der Waals surface area (Å²) in [7, 11) is 2.76. The Morgan fingerprint density at radius 1 is 1.30 bits per heavy atom. The molecule has 0 aliphatic carbocycles. The van der Waals surface area contributed by atoms with Crippen LogP contribution in [0.5, 0.6) is 0 Å². The van der Waals surface area contributed by atoms with E-state index in [-0.39, 0.29) is 18.3 Å². The molecule has 0 saturated heterocycles. The molecule has 2 aromatic rings. The summed E-state index contributed by atoms with van der Waals surface area (Å²) < 4.78 is 15.1. The first-order chi connectivity index (χ1) is 9.56. The van der Waals surface area contributed by atoms with Gasteiger partial charge in [0.15, 0.2) is 0 Å². The maximum Gasteiger partial charge on any atom is 0.376 e. The minimum atomic E-state index is -0.615. The van der Waals surface area contributed by atoms with Crippen LogP contribution in [0.2, 0.25) is 10.0 Å². The summed E-state index contributed by atoms with van der Waals surface area (Å²) in [6, 6.07) is 4.92. The first-order valence-electron chi connectivity index (χ1n) is 5.59. The molecule has 7 heteroatoms. The van der Waals surface area contributed by atoms with Crippen molar-refractivity contribution >= 4 is 29.2 Å². The van der Waals surface area contributed by atoms with E-state index < -0.39 is 5.97 Å². The molecule has 0 radical (unpaired) electrons. The smallest absolute Gasteiger partial charge is 0.376 e. The highest BCUT2D eigenvalue weighted by molar-refractivity contribution is 6.42. The number of nitrogens with zero attached hydrogens (tertiary/aromatic N) is 1. The van der Waals surface area contributed by atoms with Crippen LogP contribution in [-0.4, -0.2) is 25.2 Å². The number of carbonyl (C=O) groups excluding carboxylic acids is 1. The SMILES string of the molecule is COCc1nc(-c2ccc(Cl)c(Cl)c2)oc1C(=O)OC. The van der Waals surface area contributed by atoms with Crippen molar-refractivity contribution in [3.8, 4) is 11.5 Å². The van der Waals surface area contributed by atoms with Crippen LogP contribution in [0.25, 0.3) is 11.5 Å². The number of ether oxygens (including phenoxy) is 2. The van der Waals surface area contributed by atoms with Crippen molar-refractivity contribution in [2.75, 3.05) is 14.2 Å². The molecule has 0 fully saturated rings. The van der Waals surface area contributed by atoms with Crippen molar-refractivity contribution in [1.29, 1.82) is 0 Å². The monoisotopic (exact) mass is 315 g/mol. The lowest BCUT2D eigenvalue weighted by molar-refractivity contribution is 0.0559. The van der Waals surface area contributed by atoms with E-state index >= 15 is 0 Å². The summed E-state index contributed by atoms with van der Waals surface area (Å²) in [5.74, 6) is -0.359. The zero-order valence-electron chi connectivity index (χ0n) is 10.8. The highest BCUT2D eigenvalue weighted by Gasteiger charge is 2.21. The van der Waals surface area contributed by atoms with E-state index in [2.05, 4.69) is 9.72 Å². The largest absolute Gasteiger partial charge is 0.463 e. The molecule has 1 heterocycles. The molecular weight excluding hydrogens is 305 g/mol. The first-order valence-corrected chi connectivity index (χ1v) is 6.34. The van der Waals surface area contributed by atoms with Gasteiger partial charge >= 0.3 is 5.97 Å². The quantitative estimate of drug-likeness (QED) is 0.807. The van der Waals surface area contributed by atoms with Gasteiger partial charge in [0, 0.05) is 12.7 Å². The van der Waals surface area contributed by atoms with Crippen LogP contribution in [0.15, 0.2) is 22.6 Å². The Labute approximate surface area is 125 Å². The molecule has 5 nitrogen and oxygen atoms in total. The summed E-state index contributed by atoms with van der Waals surface area (Å²) in [6.45, 7) is 0.134. The molecule has 0 bridgehead atoms. The Morgan fingerprint density at radius 2 is 2.05 bits per heavy atom. The molecule has 0 aliphatic rings. The van der Waals surface area contributed by atoms with Crippen LogP contribution in [0, 0.1) is 0 Å². The van der Waals surface area contributed by atoms with Gasteiger partial charge in [0.2, 0.25) is 11.7 Å². The summed E-state index contributed by atoms with van der Waals surface area (Å²) in [5, 5.41) is 0.794. The lowest BCUT2D eigenvalue weighted by Gasteiger charge is -1.98. The molecule has 0 N–H and O–H groups in total. The van der Waals surface area contributed by atoms with Crippen LogP contribution < -0.4 is 0 Å². The van der Waals surface area contributed by atoms with Gasteiger partial charge < -0.3 is 13.9 Å². The molecule has 1 aromatic carbocycles. The van der Waals surface area contributed by atoms with Crippen molar-refractivity contribution in [3.63, 3.8) is 0 Å². The maximum atomic E-state index is 11.6. The maximum absolute atomic E-state index is 11.6. The second-order valence-electron chi connectivity index (χ2n) is 3.85. The fraction of sp³-hybridized carbons (Fsp3) is 0.231. The number of aromatic nitrogens is 1. The van der Waals surface area contributed by atoms with E-state index in [1.165, 1.54) is 14.2 Å². The predicted octanol–water partition coefficient (Wildman–Crippen LogP) is 3.58. The van der Waals surface area contributed by atoms with Crippen molar-refractivity contribution in [3.05, 3.63) is 39.7 Å². The standard InChI is InChI=1S/C13H11Cl2NO4/c1-18-6-10-11(13(17)19-2)20-12(16-10)7-3-4-8(14)9(15)5-7/h3-5H,6H2,1-2H3. The van der Waals surface area contributed by atoms with Gasteiger partial charge in [0.1, 0.15) is 5.69 Å². The fourth-order valence-corrected chi connectivity index (χ4v) is 1.89. The number of benzene rings is 1. The zero-order valence-corrected chi connectivity index (χ0v) is 12.3. The third-order valence-corrected chi connectivity index (χ3v) is 3.25. The number of hydrogen-bond donors (Lipinski definition) is 0. The van der Waals surface area contributed by atoms with Crippen LogP contribution in [-0.2, 0) is 16.1 Å². The molecule has 0 unspecified atom stereocenters. The van der Waals surface area contributed by atoms with Gasteiger partial charge in [-0.1, -0.05) is 23.2 Å². The van der Waals surface area contributed by atoms with Crippen LogP contribution in [0.1, 0.15) is 16.2 Å². The molecule has 0 saturated carbocycles. The van der Waals surface area contributed by atoms with E-state index in [1.807, 2.05) is 0 Å². The van der Waals surface area contributed by atoms with Gasteiger partial charge in [-0.25, -0.2) is 9.78 Å². The van der Waals surface area contributed by atoms with Crippen LogP contribution in [0.3, 0.4) is 0 Å². The average molecular weight is 316 g/mol. The normalized spacial score (nSPS) is 10.6. The summed E-state index contributed by atoms with van der Waals surface area (Å²) in [4.78, 5) is 15.8. The zero-order chi connectivity index (χ0) is 14.7. The van der Waals surface area contributed by atoms with Crippen molar-refractivity contribution in [1.82, 2.24) is 4.98 Å². The minimum Gasteiger partial charge on any atom is -0.463 e. The van der Waals surface area contributed by atoms with Crippen LogP contribution >= 0.6 is 23.2 Å². The van der Waals surface area contributed by atoms with Gasteiger partial charge in [-0.05, 0) is 18.2 Å². The van der Waals surface area contributed by atoms with E-state index in [0.717, 1.165) is 0 Å². The third kappa shape index (κ3) is 2.95. The second-order valence-corrected chi connectivity index (χ2v) is 4.66. The Bertz CT molecular complexity index is 639. The molecule has 0 amide bonds. The number of oxazole rings is 1. The van der Waals surface area contributed by atoms with E-state index in [4.69, 9.17) is 32.4 Å². The number of rotatable bonds is 4. The lowest BCUT2D eigenvalue weighted by Crippen LogP contribution is -2.04. The molecule has 1 aromatic heterocycles. The summed E-state index contributed by atoms with van der Waals surface area (Å²) >= 11 is 11.8. The Balaban J connectivity index is 2.46. The van der Waals surface area contributed by atoms with Gasteiger partial charge in [-0.15, -0.1) is 0 Å². The van der Waals surface area contributed by atoms with Crippen molar-refractivity contribution in [2.45, 2.75) is 6.61 Å². The molecule has 0 spiro atoms. The van der Waals surface area contributed by atoms with Gasteiger partial charge in [0.25, 0.3) is 0 Å². The molecule has 106 valence electrons. The summed E-state index contributed by atoms with van der Waals surface area (Å²) in [5.41, 5.74) is 0.965. The highest BCUT2D eigenvalue weighted by Crippen LogP contribution is 2.29. The Morgan fingerprint density at radius 3 is 2.65 bits per heavy atom. The number of methoxy groups -OCH3 is 2. The molecule has 0 aliphatic heterocycles.